The number of hydrogen-bond donors (Lipinski definition) is 0. The minimum atomic E-state index is 0.775. The van der Waals surface area contributed by atoms with Gasteiger partial charge in [0.05, 0.1) is 0 Å². The van der Waals surface area contributed by atoms with Crippen molar-refractivity contribution in [2.75, 3.05) is 39.8 Å². The van der Waals surface area contributed by atoms with E-state index >= 15 is 0 Å². The molecule has 116 valence electrons. The first kappa shape index (κ1) is 20.9. The molecule has 1 unspecified atom stereocenters. The van der Waals surface area contributed by atoms with E-state index < -0.39 is 0 Å². The van der Waals surface area contributed by atoms with Gasteiger partial charge in [-0.05, 0) is 60.0 Å². The lowest BCUT2D eigenvalue weighted by molar-refractivity contribution is 0.210. The molecule has 1 heterocycles. The van der Waals surface area contributed by atoms with Gasteiger partial charge >= 0.3 is 0 Å². The van der Waals surface area contributed by atoms with Gasteiger partial charge in [0, 0.05) is 25.7 Å². The van der Waals surface area contributed by atoms with Crippen molar-refractivity contribution in [2.45, 2.75) is 60.4 Å². The lowest BCUT2D eigenvalue weighted by Crippen LogP contribution is -2.35. The summed E-state index contributed by atoms with van der Waals surface area (Å²) in [7, 11) is 2.22. The first-order valence-electron chi connectivity index (χ1n) is 8.02. The molecule has 1 rings (SSSR count). The van der Waals surface area contributed by atoms with Crippen molar-refractivity contribution >= 4 is 6.21 Å². The molecule has 0 aliphatic carbocycles. The van der Waals surface area contributed by atoms with Gasteiger partial charge in [-0.15, -0.1) is 0 Å². The van der Waals surface area contributed by atoms with Crippen molar-refractivity contribution in [2.24, 2.45) is 4.99 Å². The van der Waals surface area contributed by atoms with Crippen molar-refractivity contribution in [3.05, 3.63) is 0 Å². The maximum absolute atomic E-state index is 3.85. The van der Waals surface area contributed by atoms with Crippen LogP contribution in [-0.2, 0) is 0 Å². The standard InChI is InChI=1S/C10H22N2.C4H9N.C2H6/c1-4-10(2)12-7-5-6-11(3)8-9-12;1-3-5-4-2;1-2/h10H,4-9H2,1-3H3;3H,4H2,1-2H3;1-2H3. The lowest BCUT2D eigenvalue weighted by atomic mass is 10.2. The van der Waals surface area contributed by atoms with Gasteiger partial charge in [0.2, 0.25) is 0 Å². The first-order valence-corrected chi connectivity index (χ1v) is 8.02. The molecule has 1 aliphatic rings. The number of nitrogens with zero attached hydrogens (tertiary/aromatic N) is 3. The van der Waals surface area contributed by atoms with Crippen molar-refractivity contribution in [3.8, 4) is 0 Å². The smallest absolute Gasteiger partial charge is 0.0356 e. The van der Waals surface area contributed by atoms with Gasteiger partial charge in [0.1, 0.15) is 0 Å². The summed E-state index contributed by atoms with van der Waals surface area (Å²) in [6.45, 7) is 18.5. The van der Waals surface area contributed by atoms with Crippen molar-refractivity contribution in [1.82, 2.24) is 9.80 Å². The van der Waals surface area contributed by atoms with Crippen LogP contribution in [0.15, 0.2) is 4.99 Å². The molecule has 0 aromatic heterocycles. The van der Waals surface area contributed by atoms with E-state index in [-0.39, 0.29) is 0 Å². The van der Waals surface area contributed by atoms with Crippen molar-refractivity contribution in [1.29, 1.82) is 0 Å². The minimum Gasteiger partial charge on any atom is -0.305 e. The first-order chi connectivity index (χ1) is 9.15. The Hall–Kier alpha value is -0.410. The number of rotatable bonds is 3. The molecule has 3 nitrogen and oxygen atoms in total. The molecule has 1 fully saturated rings. The van der Waals surface area contributed by atoms with E-state index in [2.05, 4.69) is 35.7 Å². The van der Waals surface area contributed by atoms with Gasteiger partial charge in [0.25, 0.3) is 0 Å². The van der Waals surface area contributed by atoms with Crippen LogP contribution in [0.5, 0.6) is 0 Å². The summed E-state index contributed by atoms with van der Waals surface area (Å²) in [5.41, 5.74) is 0. The van der Waals surface area contributed by atoms with E-state index in [0.29, 0.717) is 0 Å². The number of aliphatic imine (C=N–C) groups is 1. The van der Waals surface area contributed by atoms with Crippen LogP contribution in [0.25, 0.3) is 0 Å². The van der Waals surface area contributed by atoms with E-state index in [9.17, 15) is 0 Å². The van der Waals surface area contributed by atoms with Gasteiger partial charge in [0.15, 0.2) is 0 Å². The van der Waals surface area contributed by atoms with Crippen LogP contribution in [0.4, 0.5) is 0 Å². The maximum atomic E-state index is 3.85. The summed E-state index contributed by atoms with van der Waals surface area (Å²) < 4.78 is 0. The van der Waals surface area contributed by atoms with Gasteiger partial charge < -0.3 is 4.90 Å². The highest BCUT2D eigenvalue weighted by Crippen LogP contribution is 2.07. The molecular formula is C16H37N3. The molecule has 0 aromatic rings. The molecule has 0 saturated carbocycles. The fraction of sp³-hybridized carbons (Fsp3) is 0.938. The van der Waals surface area contributed by atoms with Crippen molar-refractivity contribution in [3.63, 3.8) is 0 Å². The molecule has 0 amide bonds. The van der Waals surface area contributed by atoms with E-state index in [1.165, 1.54) is 39.0 Å². The van der Waals surface area contributed by atoms with Crippen LogP contribution >= 0.6 is 0 Å². The average Bonchev–Trinajstić information content (AvgIpc) is 2.66. The highest BCUT2D eigenvalue weighted by molar-refractivity contribution is 5.52. The fourth-order valence-electron chi connectivity index (χ4n) is 1.95. The van der Waals surface area contributed by atoms with Crippen LogP contribution in [0.2, 0.25) is 0 Å². The van der Waals surface area contributed by atoms with Gasteiger partial charge in [-0.25, -0.2) is 0 Å². The second-order valence-corrected chi connectivity index (χ2v) is 4.71. The highest BCUT2D eigenvalue weighted by atomic mass is 15.2. The molecule has 0 spiro atoms. The Bertz CT molecular complexity index is 192. The lowest BCUT2D eigenvalue weighted by Gasteiger charge is -2.26. The topological polar surface area (TPSA) is 18.8 Å². The zero-order valence-corrected chi connectivity index (χ0v) is 14.4. The Balaban J connectivity index is 0. The van der Waals surface area contributed by atoms with Crippen LogP contribution in [-0.4, -0.2) is 61.8 Å². The zero-order valence-electron chi connectivity index (χ0n) is 14.4. The molecule has 3 heteroatoms. The predicted octanol–water partition coefficient (Wildman–Crippen LogP) is 3.55. The highest BCUT2D eigenvalue weighted by Gasteiger charge is 2.15. The second-order valence-electron chi connectivity index (χ2n) is 4.71. The normalized spacial score (nSPS) is 18.9. The second kappa shape index (κ2) is 15.6. The van der Waals surface area contributed by atoms with Crippen LogP contribution in [0, 0.1) is 0 Å². The molecule has 19 heavy (non-hydrogen) atoms. The van der Waals surface area contributed by atoms with Gasteiger partial charge in [-0.3, -0.25) is 9.89 Å². The van der Waals surface area contributed by atoms with Crippen molar-refractivity contribution < 1.29 is 0 Å². The van der Waals surface area contributed by atoms with Gasteiger partial charge in [-0.2, -0.15) is 0 Å². The molecule has 1 saturated heterocycles. The molecule has 0 N–H and O–H groups in total. The van der Waals surface area contributed by atoms with Crippen LogP contribution in [0.3, 0.4) is 0 Å². The van der Waals surface area contributed by atoms with Gasteiger partial charge in [-0.1, -0.05) is 20.8 Å². The van der Waals surface area contributed by atoms with E-state index in [4.69, 9.17) is 0 Å². The van der Waals surface area contributed by atoms with Crippen LogP contribution < -0.4 is 0 Å². The Morgan fingerprint density at radius 3 is 2.16 bits per heavy atom. The molecule has 0 bridgehead atoms. The van der Waals surface area contributed by atoms with E-state index in [1.807, 2.05) is 27.7 Å². The number of hydrogen-bond acceptors (Lipinski definition) is 3. The summed E-state index contributed by atoms with van der Waals surface area (Å²) in [4.78, 5) is 8.89. The summed E-state index contributed by atoms with van der Waals surface area (Å²) in [6, 6.07) is 0.775. The number of likely N-dealkylation sites (N-methyl/N-ethyl adjacent to an activating group) is 1. The Morgan fingerprint density at radius 1 is 1.11 bits per heavy atom. The third-order valence-electron chi connectivity index (χ3n) is 3.33. The van der Waals surface area contributed by atoms with E-state index in [1.54, 1.807) is 6.21 Å². The predicted molar refractivity (Wildman–Crippen MR) is 89.5 cm³/mol. The minimum absolute atomic E-state index is 0.775. The van der Waals surface area contributed by atoms with E-state index in [0.717, 1.165) is 12.6 Å². The summed E-state index contributed by atoms with van der Waals surface area (Å²) in [6.07, 6.45) is 4.42. The third kappa shape index (κ3) is 12.4. The van der Waals surface area contributed by atoms with Crippen LogP contribution in [0.1, 0.15) is 54.4 Å². The summed E-state index contributed by atoms with van der Waals surface area (Å²) in [5.74, 6) is 0. The summed E-state index contributed by atoms with van der Waals surface area (Å²) in [5, 5.41) is 0. The Morgan fingerprint density at radius 2 is 1.74 bits per heavy atom. The molecule has 1 aliphatic heterocycles. The Kier molecular flexibility index (Phi) is 17.2. The maximum Gasteiger partial charge on any atom is 0.0356 e. The average molecular weight is 271 g/mol. The zero-order chi connectivity index (χ0) is 15.1. The monoisotopic (exact) mass is 271 g/mol. The Labute approximate surface area is 122 Å². The SMILES string of the molecule is CC.CC=NCC.CCC(C)N1CCCN(C)CC1. The quantitative estimate of drug-likeness (QED) is 0.731. The molecule has 0 aromatic carbocycles. The largest absolute Gasteiger partial charge is 0.305 e. The fourth-order valence-corrected chi connectivity index (χ4v) is 1.95. The molecule has 0 radical (unpaired) electrons. The summed E-state index contributed by atoms with van der Waals surface area (Å²) >= 11 is 0. The molecule has 1 atom stereocenters. The molecular weight excluding hydrogens is 234 g/mol. The third-order valence-corrected chi connectivity index (χ3v) is 3.33.